The number of anilines is 1. The van der Waals surface area contributed by atoms with E-state index in [-0.39, 0.29) is 5.91 Å². The highest BCUT2D eigenvalue weighted by Gasteiger charge is 2.23. The standard InChI is InChI=1S/C17H27N5O/c1-15-4-2-8-20(14-15)9-5-16(23)21-10-12-22(13-11-21)17-18-6-3-7-19-17/h3,6-7,15H,2,4-5,8-14H2,1H3. The Morgan fingerprint density at radius 2 is 1.91 bits per heavy atom. The number of aromatic nitrogens is 2. The first-order valence-electron chi connectivity index (χ1n) is 8.74. The van der Waals surface area contributed by atoms with Crippen LogP contribution in [0.1, 0.15) is 26.2 Å². The van der Waals surface area contributed by atoms with Crippen LogP contribution >= 0.6 is 0 Å². The zero-order chi connectivity index (χ0) is 16.1. The Kier molecular flexibility index (Phi) is 5.43. The SMILES string of the molecule is CC1CCCN(CCC(=O)N2CCN(c3ncccn3)CC2)C1. The molecule has 2 aliphatic heterocycles. The van der Waals surface area contributed by atoms with Crippen molar-refractivity contribution in [3.05, 3.63) is 18.5 Å². The second kappa shape index (κ2) is 7.73. The molecule has 1 aromatic rings. The fourth-order valence-corrected chi connectivity index (χ4v) is 3.51. The number of hydrogen-bond acceptors (Lipinski definition) is 5. The lowest BCUT2D eigenvalue weighted by Gasteiger charge is -2.35. The number of likely N-dealkylation sites (tertiary alicyclic amines) is 1. The Bertz CT molecular complexity index is 501. The van der Waals surface area contributed by atoms with Gasteiger partial charge in [0, 0.05) is 58.1 Å². The number of nitrogens with zero attached hydrogens (tertiary/aromatic N) is 5. The molecular weight excluding hydrogens is 290 g/mol. The molecule has 0 bridgehead atoms. The van der Waals surface area contributed by atoms with Crippen molar-refractivity contribution in [2.75, 3.05) is 50.7 Å². The number of carbonyl (C=O) groups excluding carboxylic acids is 1. The molecule has 0 aliphatic carbocycles. The zero-order valence-corrected chi connectivity index (χ0v) is 14.0. The fraction of sp³-hybridized carbons (Fsp3) is 0.706. The average molecular weight is 317 g/mol. The molecule has 0 N–H and O–H groups in total. The number of hydrogen-bond donors (Lipinski definition) is 0. The topological polar surface area (TPSA) is 52.6 Å². The highest BCUT2D eigenvalue weighted by atomic mass is 16.2. The predicted molar refractivity (Wildman–Crippen MR) is 90.3 cm³/mol. The van der Waals surface area contributed by atoms with Gasteiger partial charge in [-0.05, 0) is 31.4 Å². The first kappa shape index (κ1) is 16.2. The number of carbonyl (C=O) groups is 1. The van der Waals surface area contributed by atoms with E-state index in [0.29, 0.717) is 6.42 Å². The Morgan fingerprint density at radius 1 is 1.17 bits per heavy atom. The van der Waals surface area contributed by atoms with Crippen molar-refractivity contribution in [3.8, 4) is 0 Å². The van der Waals surface area contributed by atoms with Crippen molar-refractivity contribution in [2.24, 2.45) is 5.92 Å². The maximum Gasteiger partial charge on any atom is 0.225 e. The molecule has 1 aromatic heterocycles. The molecule has 0 radical (unpaired) electrons. The van der Waals surface area contributed by atoms with Crippen molar-refractivity contribution in [3.63, 3.8) is 0 Å². The summed E-state index contributed by atoms with van der Waals surface area (Å²) in [6.45, 7) is 8.68. The van der Waals surface area contributed by atoms with E-state index < -0.39 is 0 Å². The molecule has 126 valence electrons. The van der Waals surface area contributed by atoms with Gasteiger partial charge in [-0.3, -0.25) is 4.79 Å². The summed E-state index contributed by atoms with van der Waals surface area (Å²) in [5, 5.41) is 0. The molecule has 1 amide bonds. The molecule has 2 aliphatic rings. The molecule has 2 saturated heterocycles. The van der Waals surface area contributed by atoms with Gasteiger partial charge in [0.1, 0.15) is 0 Å². The van der Waals surface area contributed by atoms with E-state index in [4.69, 9.17) is 0 Å². The van der Waals surface area contributed by atoms with Gasteiger partial charge in [0.25, 0.3) is 0 Å². The normalized spacial score (nSPS) is 23.1. The summed E-state index contributed by atoms with van der Waals surface area (Å²) in [7, 11) is 0. The summed E-state index contributed by atoms with van der Waals surface area (Å²) in [5.41, 5.74) is 0. The van der Waals surface area contributed by atoms with Gasteiger partial charge >= 0.3 is 0 Å². The Balaban J connectivity index is 1.41. The third-order valence-corrected chi connectivity index (χ3v) is 4.85. The van der Waals surface area contributed by atoms with Crippen LogP contribution in [0.3, 0.4) is 0 Å². The Labute approximate surface area is 138 Å². The van der Waals surface area contributed by atoms with Gasteiger partial charge in [0.15, 0.2) is 0 Å². The summed E-state index contributed by atoms with van der Waals surface area (Å²) in [4.78, 5) is 27.6. The van der Waals surface area contributed by atoms with Gasteiger partial charge in [-0.1, -0.05) is 6.92 Å². The Hall–Kier alpha value is -1.69. The van der Waals surface area contributed by atoms with Crippen molar-refractivity contribution in [1.29, 1.82) is 0 Å². The molecule has 2 fully saturated rings. The molecule has 23 heavy (non-hydrogen) atoms. The van der Waals surface area contributed by atoms with Crippen LogP contribution in [-0.2, 0) is 4.79 Å². The quantitative estimate of drug-likeness (QED) is 0.836. The lowest BCUT2D eigenvalue weighted by Crippen LogP contribution is -2.50. The first-order valence-corrected chi connectivity index (χ1v) is 8.74. The van der Waals surface area contributed by atoms with Crippen molar-refractivity contribution >= 4 is 11.9 Å². The second-order valence-corrected chi connectivity index (χ2v) is 6.71. The maximum absolute atomic E-state index is 12.4. The molecule has 6 nitrogen and oxygen atoms in total. The molecular formula is C17H27N5O. The van der Waals surface area contributed by atoms with Crippen LogP contribution in [0.15, 0.2) is 18.5 Å². The summed E-state index contributed by atoms with van der Waals surface area (Å²) >= 11 is 0. The van der Waals surface area contributed by atoms with Gasteiger partial charge in [-0.15, -0.1) is 0 Å². The minimum absolute atomic E-state index is 0.289. The minimum atomic E-state index is 0.289. The largest absolute Gasteiger partial charge is 0.339 e. The Morgan fingerprint density at radius 3 is 2.61 bits per heavy atom. The van der Waals surface area contributed by atoms with Crippen LogP contribution in [0.4, 0.5) is 5.95 Å². The fourth-order valence-electron chi connectivity index (χ4n) is 3.51. The lowest BCUT2D eigenvalue weighted by molar-refractivity contribution is -0.131. The number of piperidine rings is 1. The van der Waals surface area contributed by atoms with E-state index in [9.17, 15) is 4.79 Å². The summed E-state index contributed by atoms with van der Waals surface area (Å²) < 4.78 is 0. The number of piperazine rings is 1. The maximum atomic E-state index is 12.4. The highest BCUT2D eigenvalue weighted by Crippen LogP contribution is 2.16. The molecule has 1 unspecified atom stereocenters. The molecule has 1 atom stereocenters. The van der Waals surface area contributed by atoms with Gasteiger partial charge in [-0.25, -0.2) is 9.97 Å². The van der Waals surface area contributed by atoms with Crippen LogP contribution in [0.2, 0.25) is 0 Å². The third-order valence-electron chi connectivity index (χ3n) is 4.85. The van der Waals surface area contributed by atoms with Crippen LogP contribution in [-0.4, -0.2) is 71.5 Å². The summed E-state index contributed by atoms with van der Waals surface area (Å²) in [5.74, 6) is 1.83. The van der Waals surface area contributed by atoms with E-state index in [1.54, 1.807) is 12.4 Å². The zero-order valence-electron chi connectivity index (χ0n) is 14.0. The smallest absolute Gasteiger partial charge is 0.225 e. The van der Waals surface area contributed by atoms with Crippen LogP contribution < -0.4 is 4.90 Å². The van der Waals surface area contributed by atoms with Crippen molar-refractivity contribution in [2.45, 2.75) is 26.2 Å². The first-order chi connectivity index (χ1) is 11.2. The van der Waals surface area contributed by atoms with Crippen molar-refractivity contribution in [1.82, 2.24) is 19.8 Å². The lowest BCUT2D eigenvalue weighted by atomic mass is 10.0. The molecule has 6 heteroatoms. The van der Waals surface area contributed by atoms with Crippen LogP contribution in [0.5, 0.6) is 0 Å². The third kappa shape index (κ3) is 4.41. The summed E-state index contributed by atoms with van der Waals surface area (Å²) in [6.07, 6.45) is 6.77. The van der Waals surface area contributed by atoms with Crippen LogP contribution in [0.25, 0.3) is 0 Å². The van der Waals surface area contributed by atoms with E-state index in [0.717, 1.165) is 57.7 Å². The van der Waals surface area contributed by atoms with Gasteiger partial charge in [-0.2, -0.15) is 0 Å². The highest BCUT2D eigenvalue weighted by molar-refractivity contribution is 5.76. The van der Waals surface area contributed by atoms with E-state index in [1.807, 2.05) is 11.0 Å². The van der Waals surface area contributed by atoms with Crippen molar-refractivity contribution < 1.29 is 4.79 Å². The monoisotopic (exact) mass is 317 g/mol. The van der Waals surface area contributed by atoms with Crippen LogP contribution in [0, 0.1) is 5.92 Å². The van der Waals surface area contributed by atoms with Gasteiger partial charge in [0.2, 0.25) is 11.9 Å². The molecule has 0 aromatic carbocycles. The molecule has 3 rings (SSSR count). The van der Waals surface area contributed by atoms with Gasteiger partial charge in [0.05, 0.1) is 0 Å². The number of amides is 1. The van der Waals surface area contributed by atoms with E-state index >= 15 is 0 Å². The summed E-state index contributed by atoms with van der Waals surface area (Å²) in [6, 6.07) is 1.82. The van der Waals surface area contributed by atoms with E-state index in [2.05, 4.69) is 26.7 Å². The predicted octanol–water partition coefficient (Wildman–Crippen LogP) is 1.25. The minimum Gasteiger partial charge on any atom is -0.339 e. The van der Waals surface area contributed by atoms with Gasteiger partial charge < -0.3 is 14.7 Å². The van der Waals surface area contributed by atoms with E-state index in [1.165, 1.54) is 12.8 Å². The molecule has 3 heterocycles. The second-order valence-electron chi connectivity index (χ2n) is 6.71. The number of rotatable bonds is 4. The molecule has 0 saturated carbocycles. The molecule has 0 spiro atoms. The average Bonchev–Trinajstić information content (AvgIpc) is 2.61.